The number of allylic oxidation sites excluding steroid dienone is 1. The fourth-order valence-electron chi connectivity index (χ4n) is 2.46. The Bertz CT molecular complexity index is 848. The highest BCUT2D eigenvalue weighted by molar-refractivity contribution is 6.36. The molecule has 2 heterocycles. The van der Waals surface area contributed by atoms with E-state index < -0.39 is 5.82 Å². The van der Waals surface area contributed by atoms with Gasteiger partial charge in [0.05, 0.1) is 10.7 Å². The van der Waals surface area contributed by atoms with Crippen LogP contribution in [-0.2, 0) is 6.54 Å². The number of rotatable bonds is 4. The number of aromatic nitrogens is 3. The van der Waals surface area contributed by atoms with Gasteiger partial charge in [-0.1, -0.05) is 23.2 Å². The Labute approximate surface area is 152 Å². The number of halogens is 3. The van der Waals surface area contributed by atoms with Crippen molar-refractivity contribution < 1.29 is 4.39 Å². The van der Waals surface area contributed by atoms with E-state index >= 15 is 0 Å². The molecule has 0 aliphatic carbocycles. The van der Waals surface area contributed by atoms with E-state index in [1.165, 1.54) is 24.5 Å². The van der Waals surface area contributed by atoms with Crippen molar-refractivity contribution in [2.45, 2.75) is 6.54 Å². The van der Waals surface area contributed by atoms with Gasteiger partial charge >= 0.3 is 0 Å². The molecule has 1 saturated heterocycles. The van der Waals surface area contributed by atoms with E-state index in [0.717, 1.165) is 0 Å². The zero-order valence-electron chi connectivity index (χ0n) is 12.9. The molecule has 1 aromatic heterocycles. The van der Waals surface area contributed by atoms with Crippen molar-refractivity contribution >= 4 is 34.7 Å². The Morgan fingerprint density at radius 3 is 2.92 bits per heavy atom. The zero-order chi connectivity index (χ0) is 18.0. The van der Waals surface area contributed by atoms with Gasteiger partial charge in [0, 0.05) is 30.2 Å². The number of nitrogens with one attached hydrogen (secondary N) is 4. The number of piperazine rings is 1. The molecule has 0 unspecified atom stereocenters. The third-order valence-corrected chi connectivity index (χ3v) is 4.48. The lowest BCUT2D eigenvalue weighted by Gasteiger charge is -2.33. The Morgan fingerprint density at radius 2 is 2.20 bits per heavy atom. The highest BCUT2D eigenvalue weighted by atomic mass is 35.5. The van der Waals surface area contributed by atoms with Crippen molar-refractivity contribution in [3.63, 3.8) is 0 Å². The third kappa shape index (κ3) is 3.64. The van der Waals surface area contributed by atoms with Gasteiger partial charge in [0.25, 0.3) is 0 Å². The fourth-order valence-corrected chi connectivity index (χ4v) is 2.95. The van der Waals surface area contributed by atoms with E-state index in [-0.39, 0.29) is 28.9 Å². The zero-order valence-corrected chi connectivity index (χ0v) is 14.4. The molecule has 25 heavy (non-hydrogen) atoms. The van der Waals surface area contributed by atoms with Crippen LogP contribution in [0.4, 0.5) is 4.39 Å². The number of hydrogen-bond acceptors (Lipinski definition) is 5. The van der Waals surface area contributed by atoms with Crippen LogP contribution in [0.25, 0.3) is 0 Å². The minimum absolute atomic E-state index is 0.0396. The van der Waals surface area contributed by atoms with Gasteiger partial charge in [0.15, 0.2) is 5.82 Å². The van der Waals surface area contributed by atoms with Crippen molar-refractivity contribution in [1.82, 2.24) is 25.4 Å². The molecule has 0 spiro atoms. The molecule has 130 valence electrons. The third-order valence-electron chi connectivity index (χ3n) is 3.72. The smallest absolute Gasteiger partial charge is 0.179 e. The predicted molar refractivity (Wildman–Crippen MR) is 93.9 cm³/mol. The molecule has 10 heteroatoms. The van der Waals surface area contributed by atoms with Gasteiger partial charge in [-0.05, 0) is 18.2 Å². The number of nitrogens with zero attached hydrogens (tertiary/aromatic N) is 3. The topological polar surface area (TPSA) is 105 Å². The van der Waals surface area contributed by atoms with Crippen molar-refractivity contribution in [3.8, 4) is 0 Å². The Hall–Kier alpha value is -2.45. The number of aromatic amines is 1. The summed E-state index contributed by atoms with van der Waals surface area (Å²) in [6.07, 6.45) is 2.87. The van der Waals surface area contributed by atoms with Gasteiger partial charge in [0.1, 0.15) is 23.7 Å². The van der Waals surface area contributed by atoms with Gasteiger partial charge in [-0.15, -0.1) is 10.2 Å². The van der Waals surface area contributed by atoms with E-state index in [0.29, 0.717) is 29.4 Å². The largest absolute Gasteiger partial charge is 0.367 e. The maximum absolute atomic E-state index is 13.8. The second-order valence-corrected chi connectivity index (χ2v) is 6.11. The Morgan fingerprint density at radius 1 is 1.40 bits per heavy atom. The Kier molecular flexibility index (Phi) is 5.00. The number of amidine groups is 1. The van der Waals surface area contributed by atoms with E-state index in [2.05, 4.69) is 20.5 Å². The summed E-state index contributed by atoms with van der Waals surface area (Å²) in [6, 6.07) is 2.66. The fraction of sp³-hybridized carbons (Fsp3) is 0.200. The molecule has 1 aliphatic rings. The van der Waals surface area contributed by atoms with Gasteiger partial charge < -0.3 is 15.2 Å². The van der Waals surface area contributed by atoms with Crippen LogP contribution < -0.4 is 5.32 Å². The van der Waals surface area contributed by atoms with E-state index in [4.69, 9.17) is 34.0 Å². The Balaban J connectivity index is 1.92. The lowest BCUT2D eigenvalue weighted by Crippen LogP contribution is -2.45. The first-order chi connectivity index (χ1) is 12.0. The van der Waals surface area contributed by atoms with Crippen LogP contribution in [0.1, 0.15) is 11.4 Å². The monoisotopic (exact) mass is 381 g/mol. The van der Waals surface area contributed by atoms with E-state index in [9.17, 15) is 4.39 Å². The maximum Gasteiger partial charge on any atom is 0.179 e. The van der Waals surface area contributed by atoms with Gasteiger partial charge in [-0.2, -0.15) is 0 Å². The lowest BCUT2D eigenvalue weighted by atomic mass is 10.1. The van der Waals surface area contributed by atoms with Crippen LogP contribution in [0.3, 0.4) is 0 Å². The van der Waals surface area contributed by atoms with Crippen molar-refractivity contribution in [3.05, 3.63) is 57.5 Å². The van der Waals surface area contributed by atoms with Crippen LogP contribution >= 0.6 is 23.2 Å². The summed E-state index contributed by atoms with van der Waals surface area (Å²) in [5.74, 6) is -0.113. The first kappa shape index (κ1) is 17.4. The van der Waals surface area contributed by atoms with Crippen LogP contribution in [-0.4, -0.2) is 44.7 Å². The molecule has 7 nitrogen and oxygen atoms in total. The van der Waals surface area contributed by atoms with Crippen molar-refractivity contribution in [1.29, 1.82) is 10.8 Å². The number of H-pyrrole nitrogens is 1. The molecule has 0 bridgehead atoms. The summed E-state index contributed by atoms with van der Waals surface area (Å²) in [5.41, 5.74) is 0.974. The summed E-state index contributed by atoms with van der Waals surface area (Å²) in [7, 11) is 0. The predicted octanol–water partition coefficient (Wildman–Crippen LogP) is 2.59. The summed E-state index contributed by atoms with van der Waals surface area (Å²) >= 11 is 12.2. The SMILES string of the molecule is N=C1NCCN(Cc2c(Cl)ccc(F)c2Cl)/C1=C/C(=N)c1nnc[nH]1. The quantitative estimate of drug-likeness (QED) is 0.482. The molecule has 1 aliphatic heterocycles. The van der Waals surface area contributed by atoms with Crippen LogP contribution in [0.5, 0.6) is 0 Å². The second-order valence-electron chi connectivity index (χ2n) is 5.33. The minimum Gasteiger partial charge on any atom is -0.367 e. The summed E-state index contributed by atoms with van der Waals surface area (Å²) in [6.45, 7) is 1.30. The highest BCUT2D eigenvalue weighted by Gasteiger charge is 2.23. The van der Waals surface area contributed by atoms with Gasteiger partial charge in [-0.3, -0.25) is 10.8 Å². The van der Waals surface area contributed by atoms with Crippen LogP contribution in [0, 0.1) is 16.6 Å². The molecule has 0 radical (unpaired) electrons. The second kappa shape index (κ2) is 7.20. The maximum atomic E-state index is 13.8. The average Bonchev–Trinajstić information content (AvgIpc) is 3.12. The van der Waals surface area contributed by atoms with Gasteiger partial charge in [-0.25, -0.2) is 4.39 Å². The summed E-state index contributed by atoms with van der Waals surface area (Å²) in [5, 5.41) is 26.9. The van der Waals surface area contributed by atoms with E-state index in [1.54, 1.807) is 0 Å². The normalized spacial score (nSPS) is 16.2. The molecule has 0 saturated carbocycles. The molecule has 1 fully saturated rings. The molecule has 0 atom stereocenters. The number of benzene rings is 1. The van der Waals surface area contributed by atoms with E-state index in [1.807, 2.05) is 4.90 Å². The summed E-state index contributed by atoms with van der Waals surface area (Å²) < 4.78 is 13.8. The molecule has 0 amide bonds. The minimum atomic E-state index is -0.550. The van der Waals surface area contributed by atoms with Crippen LogP contribution in [0.15, 0.2) is 30.2 Å². The molecule has 1 aromatic carbocycles. The average molecular weight is 382 g/mol. The number of hydrogen-bond donors (Lipinski definition) is 4. The van der Waals surface area contributed by atoms with Crippen LogP contribution in [0.2, 0.25) is 10.0 Å². The first-order valence-electron chi connectivity index (χ1n) is 7.34. The highest BCUT2D eigenvalue weighted by Crippen LogP contribution is 2.29. The molecular formula is C15H14Cl2FN7. The molecule has 4 N–H and O–H groups in total. The summed E-state index contributed by atoms with van der Waals surface area (Å²) in [4.78, 5) is 4.55. The molecular weight excluding hydrogens is 368 g/mol. The molecule has 2 aromatic rings. The van der Waals surface area contributed by atoms with Crippen molar-refractivity contribution in [2.24, 2.45) is 0 Å². The van der Waals surface area contributed by atoms with Crippen molar-refractivity contribution in [2.75, 3.05) is 13.1 Å². The lowest BCUT2D eigenvalue weighted by molar-refractivity contribution is 0.339. The van der Waals surface area contributed by atoms with Gasteiger partial charge in [0.2, 0.25) is 0 Å². The molecule has 3 rings (SSSR count). The first-order valence-corrected chi connectivity index (χ1v) is 8.09. The standard InChI is InChI=1S/C15H14Cl2FN7/c16-9-1-2-10(18)13(17)8(9)6-25-4-3-21-14(20)12(25)5-11(19)15-22-7-23-24-15/h1-2,5,7,19H,3-4,6H2,(H2,20,21)(H,22,23,24)/b12-5+,19-11?.